The fraction of sp³-hybridized carbons (Fsp3) is 0.290. The highest BCUT2D eigenvalue weighted by Crippen LogP contribution is 2.42. The number of ether oxygens (including phenoxy) is 2. The van der Waals surface area contributed by atoms with Crippen LogP contribution in [0.1, 0.15) is 43.0 Å². The number of hydrogen-bond donors (Lipinski definition) is 1. The number of aliphatic hydroxyl groups is 1. The summed E-state index contributed by atoms with van der Waals surface area (Å²) in [6, 6.07) is 23.3. The zero-order chi connectivity index (χ0) is 26.4. The Bertz CT molecular complexity index is 1270. The predicted molar refractivity (Wildman–Crippen MR) is 144 cm³/mol. The molecule has 1 amide bonds. The number of nitrogens with zero attached hydrogens (tertiary/aromatic N) is 1. The minimum Gasteiger partial charge on any atom is -0.507 e. The van der Waals surface area contributed by atoms with Crippen LogP contribution in [0.15, 0.2) is 84.4 Å². The molecular formula is C31H33NO5. The van der Waals surface area contributed by atoms with Crippen molar-refractivity contribution in [2.75, 3.05) is 20.3 Å². The Labute approximate surface area is 218 Å². The first-order chi connectivity index (χ1) is 17.9. The molecule has 1 unspecified atom stereocenters. The fourth-order valence-electron chi connectivity index (χ4n) is 4.48. The van der Waals surface area contributed by atoms with Gasteiger partial charge in [0.25, 0.3) is 11.7 Å². The molecule has 0 spiro atoms. The van der Waals surface area contributed by atoms with E-state index >= 15 is 0 Å². The summed E-state index contributed by atoms with van der Waals surface area (Å²) < 4.78 is 11.6. The molecule has 1 aliphatic rings. The maximum atomic E-state index is 13.3. The van der Waals surface area contributed by atoms with E-state index in [1.54, 1.807) is 43.5 Å². The monoisotopic (exact) mass is 499 g/mol. The molecule has 192 valence electrons. The highest BCUT2D eigenvalue weighted by Gasteiger charge is 2.46. The van der Waals surface area contributed by atoms with E-state index in [9.17, 15) is 14.7 Å². The molecule has 0 radical (unpaired) electrons. The largest absolute Gasteiger partial charge is 0.507 e. The van der Waals surface area contributed by atoms with E-state index in [1.807, 2.05) is 42.5 Å². The standard InChI is InChI=1S/C31H33NO5/c1-21(2)17-19-37-25-15-14-24(20-26(25)36-3)28-27(29(33)23-12-8-5-9-13-23)30(34)31(35)32(28)18-16-22-10-6-4-7-11-22/h4-15,20-21,28,33H,16-19H2,1-3H3/b29-27+. The third kappa shape index (κ3) is 5.85. The SMILES string of the molecule is COc1cc(C2/C(=C(\O)c3ccccc3)C(=O)C(=O)N2CCc2ccccc2)ccc1OCCC(C)C. The van der Waals surface area contributed by atoms with Gasteiger partial charge in [-0.25, -0.2) is 0 Å². The number of likely N-dealkylation sites (tertiary alicyclic amines) is 1. The van der Waals surface area contributed by atoms with Crippen LogP contribution in [0.3, 0.4) is 0 Å². The van der Waals surface area contributed by atoms with Crippen LogP contribution < -0.4 is 9.47 Å². The van der Waals surface area contributed by atoms with E-state index in [0.717, 1.165) is 12.0 Å². The van der Waals surface area contributed by atoms with Crippen LogP contribution in [0.4, 0.5) is 0 Å². The van der Waals surface area contributed by atoms with Crippen molar-refractivity contribution in [2.45, 2.75) is 32.7 Å². The summed E-state index contributed by atoms with van der Waals surface area (Å²) >= 11 is 0. The van der Waals surface area contributed by atoms with Crippen LogP contribution in [0.2, 0.25) is 0 Å². The molecule has 37 heavy (non-hydrogen) atoms. The van der Waals surface area contributed by atoms with Gasteiger partial charge in [0.2, 0.25) is 0 Å². The van der Waals surface area contributed by atoms with E-state index < -0.39 is 17.7 Å². The number of Topliss-reactive ketones (excluding diaryl/α,β-unsaturated/α-hetero) is 1. The molecule has 3 aromatic carbocycles. The quantitative estimate of drug-likeness (QED) is 0.217. The second-order valence-corrected chi connectivity index (χ2v) is 9.54. The van der Waals surface area contributed by atoms with E-state index in [-0.39, 0.29) is 11.3 Å². The highest BCUT2D eigenvalue weighted by molar-refractivity contribution is 6.46. The Morgan fingerprint density at radius 3 is 2.27 bits per heavy atom. The molecule has 6 nitrogen and oxygen atoms in total. The molecule has 1 aliphatic heterocycles. The summed E-state index contributed by atoms with van der Waals surface area (Å²) in [6.07, 6.45) is 1.48. The smallest absolute Gasteiger partial charge is 0.295 e. The normalized spacial score (nSPS) is 16.9. The maximum absolute atomic E-state index is 13.3. The minimum absolute atomic E-state index is 0.0693. The minimum atomic E-state index is -0.762. The molecular weight excluding hydrogens is 466 g/mol. The molecule has 0 aliphatic carbocycles. The summed E-state index contributed by atoms with van der Waals surface area (Å²) in [5, 5.41) is 11.2. The number of hydrogen-bond acceptors (Lipinski definition) is 5. The van der Waals surface area contributed by atoms with Gasteiger partial charge in [0.1, 0.15) is 5.76 Å². The average molecular weight is 500 g/mol. The van der Waals surface area contributed by atoms with Crippen molar-refractivity contribution < 1.29 is 24.2 Å². The predicted octanol–water partition coefficient (Wildman–Crippen LogP) is 5.78. The van der Waals surface area contributed by atoms with Gasteiger partial charge in [-0.1, -0.05) is 80.6 Å². The fourth-order valence-corrected chi connectivity index (χ4v) is 4.48. The van der Waals surface area contributed by atoms with Crippen LogP contribution in [0, 0.1) is 5.92 Å². The Morgan fingerprint density at radius 2 is 1.62 bits per heavy atom. The summed E-state index contributed by atoms with van der Waals surface area (Å²) in [6.45, 7) is 5.14. The van der Waals surface area contributed by atoms with E-state index in [2.05, 4.69) is 13.8 Å². The van der Waals surface area contributed by atoms with Gasteiger partial charge in [-0.2, -0.15) is 0 Å². The van der Waals surface area contributed by atoms with Gasteiger partial charge >= 0.3 is 0 Å². The van der Waals surface area contributed by atoms with Crippen LogP contribution in [0.25, 0.3) is 5.76 Å². The molecule has 1 saturated heterocycles. The van der Waals surface area contributed by atoms with Gasteiger partial charge < -0.3 is 19.5 Å². The van der Waals surface area contributed by atoms with Crippen molar-refractivity contribution in [3.63, 3.8) is 0 Å². The number of ketones is 1. The molecule has 0 aromatic heterocycles. The average Bonchev–Trinajstić information content (AvgIpc) is 3.17. The van der Waals surface area contributed by atoms with Gasteiger partial charge in [-0.3, -0.25) is 9.59 Å². The second-order valence-electron chi connectivity index (χ2n) is 9.54. The molecule has 0 saturated carbocycles. The summed E-state index contributed by atoms with van der Waals surface area (Å²) in [4.78, 5) is 28.1. The number of benzene rings is 3. The van der Waals surface area contributed by atoms with Crippen molar-refractivity contribution in [2.24, 2.45) is 5.92 Å². The number of carbonyl (C=O) groups excluding carboxylic acids is 2. The highest BCUT2D eigenvalue weighted by atomic mass is 16.5. The van der Waals surface area contributed by atoms with Crippen molar-refractivity contribution in [3.8, 4) is 11.5 Å². The van der Waals surface area contributed by atoms with Crippen molar-refractivity contribution in [3.05, 3.63) is 101 Å². The second kappa shape index (κ2) is 11.8. The van der Waals surface area contributed by atoms with Crippen LogP contribution in [0.5, 0.6) is 11.5 Å². The van der Waals surface area contributed by atoms with Crippen molar-refractivity contribution in [1.82, 2.24) is 4.90 Å². The van der Waals surface area contributed by atoms with E-state index in [4.69, 9.17) is 9.47 Å². The first-order valence-electron chi connectivity index (χ1n) is 12.6. The molecule has 3 aromatic rings. The van der Waals surface area contributed by atoms with Gasteiger partial charge in [-0.05, 0) is 42.0 Å². The lowest BCUT2D eigenvalue weighted by atomic mass is 9.95. The Morgan fingerprint density at radius 1 is 0.946 bits per heavy atom. The number of methoxy groups -OCH3 is 1. The number of carbonyl (C=O) groups is 2. The summed E-state index contributed by atoms with van der Waals surface area (Å²) in [5.74, 6) is 0.0890. The van der Waals surface area contributed by atoms with Gasteiger partial charge in [0, 0.05) is 12.1 Å². The van der Waals surface area contributed by atoms with Crippen molar-refractivity contribution in [1.29, 1.82) is 0 Å². The Hall–Kier alpha value is -4.06. The Balaban J connectivity index is 1.75. The lowest BCUT2D eigenvalue weighted by Gasteiger charge is -2.26. The number of amides is 1. The van der Waals surface area contributed by atoms with Gasteiger partial charge in [0.05, 0.1) is 25.3 Å². The lowest BCUT2D eigenvalue weighted by molar-refractivity contribution is -0.139. The Kier molecular flexibility index (Phi) is 8.29. The molecule has 1 N–H and O–H groups in total. The topological polar surface area (TPSA) is 76.1 Å². The first-order valence-corrected chi connectivity index (χ1v) is 12.6. The van der Waals surface area contributed by atoms with E-state index in [1.165, 1.54) is 4.90 Å². The zero-order valence-electron chi connectivity index (χ0n) is 21.5. The van der Waals surface area contributed by atoms with E-state index in [0.29, 0.717) is 48.1 Å². The van der Waals surface area contributed by atoms with Crippen molar-refractivity contribution >= 4 is 17.4 Å². The third-order valence-corrected chi connectivity index (χ3v) is 6.53. The van der Waals surface area contributed by atoms with Crippen LogP contribution in [-0.4, -0.2) is 42.0 Å². The first kappa shape index (κ1) is 26.0. The zero-order valence-corrected chi connectivity index (χ0v) is 21.5. The molecule has 0 bridgehead atoms. The lowest BCUT2D eigenvalue weighted by Crippen LogP contribution is -2.31. The third-order valence-electron chi connectivity index (χ3n) is 6.53. The number of aliphatic hydroxyl groups excluding tert-OH is 1. The summed E-state index contributed by atoms with van der Waals surface area (Å²) in [5.41, 5.74) is 2.27. The molecule has 1 atom stereocenters. The molecule has 1 heterocycles. The molecule has 1 fully saturated rings. The summed E-state index contributed by atoms with van der Waals surface area (Å²) in [7, 11) is 1.56. The maximum Gasteiger partial charge on any atom is 0.295 e. The van der Waals surface area contributed by atoms with Gasteiger partial charge in [0.15, 0.2) is 11.5 Å². The van der Waals surface area contributed by atoms with Gasteiger partial charge in [-0.15, -0.1) is 0 Å². The number of rotatable bonds is 10. The molecule has 4 rings (SSSR count). The van der Waals surface area contributed by atoms with Crippen LogP contribution in [-0.2, 0) is 16.0 Å². The van der Waals surface area contributed by atoms with Crippen LogP contribution >= 0.6 is 0 Å². The molecule has 6 heteroatoms.